The average molecular weight is 367 g/mol. The highest BCUT2D eigenvalue weighted by atomic mass is 35.5. The monoisotopic (exact) mass is 366 g/mol. The van der Waals surface area contributed by atoms with E-state index in [1.807, 2.05) is 6.92 Å². The number of nitrogens with zero attached hydrogens (tertiary/aromatic N) is 1. The topological polar surface area (TPSA) is 81.3 Å². The number of oxazole rings is 1. The minimum Gasteiger partial charge on any atom is -0.408 e. The van der Waals surface area contributed by atoms with E-state index in [2.05, 4.69) is 4.72 Å². The summed E-state index contributed by atoms with van der Waals surface area (Å²) in [5.41, 5.74) is 1.27. The van der Waals surface area contributed by atoms with Gasteiger partial charge in [-0.3, -0.25) is 9.29 Å². The summed E-state index contributed by atoms with van der Waals surface area (Å²) in [5, 5.41) is 0.330. The van der Waals surface area contributed by atoms with E-state index in [1.54, 1.807) is 24.3 Å². The van der Waals surface area contributed by atoms with Crippen LogP contribution in [-0.2, 0) is 16.6 Å². The molecule has 1 heterocycles. The predicted octanol–water partition coefficient (Wildman–Crippen LogP) is 3.46. The fourth-order valence-electron chi connectivity index (χ4n) is 2.41. The summed E-state index contributed by atoms with van der Waals surface area (Å²) in [5.74, 6) is -0.457. The maximum absolute atomic E-state index is 12.4. The van der Waals surface area contributed by atoms with Crippen molar-refractivity contribution in [1.82, 2.24) is 4.57 Å². The summed E-state index contributed by atoms with van der Waals surface area (Å²) in [6, 6.07) is 10.7. The molecule has 1 N–H and O–H groups in total. The van der Waals surface area contributed by atoms with E-state index in [-0.39, 0.29) is 4.90 Å². The normalized spacial score (nSPS) is 11.8. The van der Waals surface area contributed by atoms with Crippen LogP contribution in [0.25, 0.3) is 11.1 Å². The second-order valence-corrected chi connectivity index (χ2v) is 7.38. The van der Waals surface area contributed by atoms with Gasteiger partial charge in [0.2, 0.25) is 0 Å². The molecule has 1 aromatic heterocycles. The van der Waals surface area contributed by atoms with Gasteiger partial charge in [-0.15, -0.1) is 0 Å². The van der Waals surface area contributed by atoms with Crippen LogP contribution in [0.5, 0.6) is 0 Å². The lowest BCUT2D eigenvalue weighted by molar-refractivity contribution is 0.502. The highest BCUT2D eigenvalue weighted by Gasteiger charge is 2.16. The van der Waals surface area contributed by atoms with Gasteiger partial charge in [-0.25, -0.2) is 13.2 Å². The Labute approximate surface area is 143 Å². The summed E-state index contributed by atoms with van der Waals surface area (Å²) >= 11 is 5.84. The zero-order valence-corrected chi connectivity index (χ0v) is 14.4. The molecule has 0 spiro atoms. The first-order chi connectivity index (χ1) is 11.4. The molecule has 0 aliphatic heterocycles. The fraction of sp³-hybridized carbons (Fsp3) is 0.188. The van der Waals surface area contributed by atoms with Crippen molar-refractivity contribution in [3.63, 3.8) is 0 Å². The van der Waals surface area contributed by atoms with Gasteiger partial charge in [-0.2, -0.15) is 0 Å². The van der Waals surface area contributed by atoms with Gasteiger partial charge in [-0.1, -0.05) is 24.6 Å². The molecule has 6 nitrogen and oxygen atoms in total. The molecule has 126 valence electrons. The van der Waals surface area contributed by atoms with Crippen LogP contribution in [0.3, 0.4) is 0 Å². The lowest BCUT2D eigenvalue weighted by Crippen LogP contribution is -2.13. The molecule has 0 aliphatic carbocycles. The van der Waals surface area contributed by atoms with E-state index in [0.717, 1.165) is 6.42 Å². The minimum atomic E-state index is -3.78. The third-order valence-electron chi connectivity index (χ3n) is 3.47. The number of rotatable bonds is 5. The van der Waals surface area contributed by atoms with Gasteiger partial charge >= 0.3 is 5.76 Å². The molecule has 0 amide bonds. The van der Waals surface area contributed by atoms with E-state index >= 15 is 0 Å². The molecule has 0 saturated carbocycles. The Morgan fingerprint density at radius 2 is 2.00 bits per heavy atom. The molecule has 0 bridgehead atoms. The highest BCUT2D eigenvalue weighted by Crippen LogP contribution is 2.23. The quantitative estimate of drug-likeness (QED) is 0.749. The van der Waals surface area contributed by atoms with E-state index < -0.39 is 15.8 Å². The molecule has 3 rings (SSSR count). The fourth-order valence-corrected chi connectivity index (χ4v) is 3.76. The van der Waals surface area contributed by atoms with Crippen LogP contribution < -0.4 is 10.5 Å². The van der Waals surface area contributed by atoms with E-state index in [4.69, 9.17) is 16.0 Å². The number of aromatic nitrogens is 1. The second kappa shape index (κ2) is 6.33. The number of aryl methyl sites for hydroxylation is 1. The molecular weight excluding hydrogens is 352 g/mol. The Morgan fingerprint density at radius 3 is 2.71 bits per heavy atom. The van der Waals surface area contributed by atoms with Gasteiger partial charge in [0.05, 0.1) is 16.1 Å². The Hall–Kier alpha value is -2.25. The molecule has 24 heavy (non-hydrogen) atoms. The van der Waals surface area contributed by atoms with Gasteiger partial charge in [0.15, 0.2) is 5.58 Å². The molecular formula is C16H15ClN2O4S. The van der Waals surface area contributed by atoms with Crippen molar-refractivity contribution in [3.05, 3.63) is 58.0 Å². The smallest absolute Gasteiger partial charge is 0.408 e. The summed E-state index contributed by atoms with van der Waals surface area (Å²) in [6.45, 7) is 2.50. The summed E-state index contributed by atoms with van der Waals surface area (Å²) in [4.78, 5) is 11.9. The van der Waals surface area contributed by atoms with Crippen LogP contribution >= 0.6 is 11.6 Å². The molecule has 0 atom stereocenters. The van der Waals surface area contributed by atoms with Crippen molar-refractivity contribution in [3.8, 4) is 0 Å². The number of halogens is 1. The third kappa shape index (κ3) is 3.18. The van der Waals surface area contributed by atoms with E-state index in [1.165, 1.54) is 22.8 Å². The summed E-state index contributed by atoms with van der Waals surface area (Å²) in [6.07, 6.45) is 0.789. The van der Waals surface area contributed by atoms with Gasteiger partial charge in [0, 0.05) is 17.6 Å². The lowest BCUT2D eigenvalue weighted by atomic mass is 10.3. The zero-order chi connectivity index (χ0) is 17.3. The highest BCUT2D eigenvalue weighted by molar-refractivity contribution is 7.92. The Balaban J connectivity index is 1.97. The lowest BCUT2D eigenvalue weighted by Gasteiger charge is -2.08. The molecule has 3 aromatic rings. The van der Waals surface area contributed by atoms with Crippen LogP contribution in [0.15, 0.2) is 56.6 Å². The Kier molecular flexibility index (Phi) is 4.38. The molecule has 8 heteroatoms. The van der Waals surface area contributed by atoms with Crippen LogP contribution in [-0.4, -0.2) is 13.0 Å². The van der Waals surface area contributed by atoms with Crippen molar-refractivity contribution in [2.75, 3.05) is 4.72 Å². The van der Waals surface area contributed by atoms with Crippen molar-refractivity contribution in [2.24, 2.45) is 0 Å². The first-order valence-electron chi connectivity index (χ1n) is 7.32. The van der Waals surface area contributed by atoms with Gasteiger partial charge in [0.25, 0.3) is 10.0 Å². The van der Waals surface area contributed by atoms with Crippen molar-refractivity contribution in [1.29, 1.82) is 0 Å². The van der Waals surface area contributed by atoms with Crippen molar-refractivity contribution >= 4 is 38.4 Å². The van der Waals surface area contributed by atoms with Crippen molar-refractivity contribution < 1.29 is 12.8 Å². The number of benzene rings is 2. The largest absolute Gasteiger partial charge is 0.419 e. The molecule has 0 unspecified atom stereocenters. The Morgan fingerprint density at radius 1 is 1.21 bits per heavy atom. The molecule has 0 radical (unpaired) electrons. The molecule has 0 aliphatic rings. The minimum absolute atomic E-state index is 0.0557. The summed E-state index contributed by atoms with van der Waals surface area (Å²) < 4.78 is 34.0. The number of fused-ring (bicyclic) bond motifs is 1. The number of nitrogens with one attached hydrogen (secondary N) is 1. The van der Waals surface area contributed by atoms with Crippen LogP contribution in [0, 0.1) is 0 Å². The van der Waals surface area contributed by atoms with Gasteiger partial charge in [-0.05, 0) is 36.8 Å². The molecule has 2 aromatic carbocycles. The van der Waals surface area contributed by atoms with Crippen LogP contribution in [0.1, 0.15) is 13.3 Å². The van der Waals surface area contributed by atoms with Crippen LogP contribution in [0.2, 0.25) is 5.02 Å². The van der Waals surface area contributed by atoms with Crippen LogP contribution in [0.4, 0.5) is 5.69 Å². The number of anilines is 1. The maximum Gasteiger partial charge on any atom is 0.419 e. The maximum atomic E-state index is 12.4. The predicted molar refractivity (Wildman–Crippen MR) is 93.0 cm³/mol. The van der Waals surface area contributed by atoms with Gasteiger partial charge in [0.1, 0.15) is 0 Å². The standard InChI is InChI=1S/C16H15ClN2O4S/c1-2-8-19-14-7-6-12(10-15(14)23-16(19)20)18-24(21,22)13-5-3-4-11(17)9-13/h3-7,9-10,18H,2,8H2,1H3. The SMILES string of the molecule is CCCn1c(=O)oc2cc(NS(=O)(=O)c3cccc(Cl)c3)ccc21. The van der Waals surface area contributed by atoms with Gasteiger partial charge < -0.3 is 4.42 Å². The zero-order valence-electron chi connectivity index (χ0n) is 12.8. The third-order valence-corrected chi connectivity index (χ3v) is 5.09. The molecule has 0 saturated heterocycles. The summed E-state index contributed by atoms with van der Waals surface area (Å²) in [7, 11) is -3.78. The van der Waals surface area contributed by atoms with E-state index in [9.17, 15) is 13.2 Å². The molecule has 0 fully saturated rings. The second-order valence-electron chi connectivity index (χ2n) is 5.26. The number of sulfonamides is 1. The number of hydrogen-bond donors (Lipinski definition) is 1. The first kappa shape index (κ1) is 16.6. The van der Waals surface area contributed by atoms with Crippen molar-refractivity contribution in [2.45, 2.75) is 24.8 Å². The first-order valence-corrected chi connectivity index (χ1v) is 9.18. The van der Waals surface area contributed by atoms with E-state index in [0.29, 0.717) is 28.4 Å². The average Bonchev–Trinajstić information content (AvgIpc) is 2.82. The Bertz CT molecular complexity index is 1050. The number of hydrogen-bond acceptors (Lipinski definition) is 4.